The predicted molar refractivity (Wildman–Crippen MR) is 127 cm³/mol. The molecule has 0 spiro atoms. The molecule has 33 heavy (non-hydrogen) atoms. The number of carbonyl (C=O) groups excluding carboxylic acids is 2. The van der Waals surface area contributed by atoms with E-state index in [0.717, 1.165) is 12.7 Å². The molecule has 0 aromatic heterocycles. The Morgan fingerprint density at radius 2 is 1.97 bits per heavy atom. The molecule has 1 heterocycles. The van der Waals surface area contributed by atoms with Crippen molar-refractivity contribution in [1.29, 1.82) is 0 Å². The van der Waals surface area contributed by atoms with Crippen molar-refractivity contribution in [2.24, 2.45) is 5.92 Å². The molecule has 3 amide bonds. The summed E-state index contributed by atoms with van der Waals surface area (Å²) < 4.78 is 37.4. The smallest absolute Gasteiger partial charge is 0.317 e. The molecule has 10 nitrogen and oxygen atoms in total. The van der Waals surface area contributed by atoms with Gasteiger partial charge < -0.3 is 24.6 Å². The Labute approximate surface area is 196 Å². The molecule has 0 bridgehead atoms. The lowest BCUT2D eigenvalue weighted by Gasteiger charge is -2.36. The highest BCUT2D eigenvalue weighted by molar-refractivity contribution is 7.92. The Bertz CT molecular complexity index is 939. The minimum atomic E-state index is -3.51. The molecule has 0 saturated heterocycles. The van der Waals surface area contributed by atoms with Gasteiger partial charge in [0.15, 0.2) is 0 Å². The van der Waals surface area contributed by atoms with E-state index in [9.17, 15) is 18.0 Å². The van der Waals surface area contributed by atoms with Crippen molar-refractivity contribution in [2.45, 2.75) is 39.3 Å². The fourth-order valence-corrected chi connectivity index (χ4v) is 4.23. The van der Waals surface area contributed by atoms with E-state index in [-0.39, 0.29) is 47.9 Å². The molecule has 2 N–H and O–H groups in total. The molecular weight excluding hydrogens is 448 g/mol. The zero-order valence-electron chi connectivity index (χ0n) is 20.3. The van der Waals surface area contributed by atoms with Crippen molar-refractivity contribution >= 4 is 27.6 Å². The summed E-state index contributed by atoms with van der Waals surface area (Å²) in [4.78, 5) is 29.4. The van der Waals surface area contributed by atoms with Gasteiger partial charge in [-0.05, 0) is 31.5 Å². The van der Waals surface area contributed by atoms with E-state index in [4.69, 9.17) is 9.47 Å². The Kier molecular flexibility index (Phi) is 9.35. The van der Waals surface area contributed by atoms with Gasteiger partial charge in [0.2, 0.25) is 10.0 Å². The second-order valence-corrected chi connectivity index (χ2v) is 10.3. The van der Waals surface area contributed by atoms with Crippen LogP contribution in [0.1, 0.15) is 37.6 Å². The molecule has 0 aliphatic carbocycles. The Balaban J connectivity index is 2.45. The number of rotatable bonds is 5. The highest BCUT2D eigenvalue weighted by Crippen LogP contribution is 2.26. The third-order valence-electron chi connectivity index (χ3n) is 5.54. The molecule has 0 radical (unpaired) electrons. The van der Waals surface area contributed by atoms with Crippen LogP contribution in [0.5, 0.6) is 5.75 Å². The van der Waals surface area contributed by atoms with Crippen LogP contribution in [-0.2, 0) is 14.8 Å². The molecule has 1 aliphatic heterocycles. The van der Waals surface area contributed by atoms with Crippen LogP contribution in [0.15, 0.2) is 18.2 Å². The number of hydrogen-bond donors (Lipinski definition) is 2. The zero-order valence-corrected chi connectivity index (χ0v) is 21.1. The second-order valence-electron chi connectivity index (χ2n) is 8.57. The fourth-order valence-electron chi connectivity index (χ4n) is 3.67. The summed E-state index contributed by atoms with van der Waals surface area (Å²) in [5, 5.41) is 2.92. The normalized spacial score (nSPS) is 22.5. The van der Waals surface area contributed by atoms with E-state index in [1.165, 1.54) is 17.0 Å². The van der Waals surface area contributed by atoms with E-state index in [0.29, 0.717) is 25.4 Å². The average molecular weight is 485 g/mol. The van der Waals surface area contributed by atoms with Crippen LogP contribution in [-0.4, -0.2) is 89.0 Å². The van der Waals surface area contributed by atoms with Crippen LogP contribution < -0.4 is 14.8 Å². The molecule has 0 fully saturated rings. The van der Waals surface area contributed by atoms with E-state index in [2.05, 4.69) is 10.0 Å². The molecule has 2 rings (SSSR count). The van der Waals surface area contributed by atoms with Gasteiger partial charge in [-0.1, -0.05) is 13.8 Å². The van der Waals surface area contributed by atoms with Crippen molar-refractivity contribution < 1.29 is 27.5 Å². The lowest BCUT2D eigenvalue weighted by atomic mass is 10.0. The topological polar surface area (TPSA) is 117 Å². The van der Waals surface area contributed by atoms with Crippen molar-refractivity contribution in [2.75, 3.05) is 51.4 Å². The summed E-state index contributed by atoms with van der Waals surface area (Å²) in [6.45, 7) is 7.31. The number of methoxy groups -OCH3 is 1. The number of likely N-dealkylation sites (N-methyl/N-ethyl adjacent to an activating group) is 1. The van der Waals surface area contributed by atoms with Crippen LogP contribution in [0.3, 0.4) is 0 Å². The largest absolute Gasteiger partial charge is 0.491 e. The molecule has 0 unspecified atom stereocenters. The molecule has 3 atom stereocenters. The maximum atomic E-state index is 13.2. The summed E-state index contributed by atoms with van der Waals surface area (Å²) >= 11 is 0. The first-order valence-corrected chi connectivity index (χ1v) is 12.9. The van der Waals surface area contributed by atoms with E-state index >= 15 is 0 Å². The highest BCUT2D eigenvalue weighted by atomic mass is 32.2. The lowest BCUT2D eigenvalue weighted by molar-refractivity contribution is 0.0166. The van der Waals surface area contributed by atoms with Crippen molar-refractivity contribution in [3.05, 3.63) is 23.8 Å². The number of anilines is 1. The number of fused-ring (bicyclic) bond motifs is 1. The third-order valence-corrected chi connectivity index (χ3v) is 6.14. The number of urea groups is 1. The van der Waals surface area contributed by atoms with E-state index in [1.54, 1.807) is 25.1 Å². The Morgan fingerprint density at radius 1 is 1.27 bits per heavy atom. The lowest BCUT2D eigenvalue weighted by Crippen LogP contribution is -2.51. The number of hydrogen-bond acceptors (Lipinski definition) is 6. The first kappa shape index (κ1) is 26.7. The second kappa shape index (κ2) is 11.6. The van der Waals surface area contributed by atoms with Gasteiger partial charge in [0.25, 0.3) is 5.91 Å². The molecule has 1 aromatic carbocycles. The first-order chi connectivity index (χ1) is 15.5. The van der Waals surface area contributed by atoms with E-state index < -0.39 is 10.0 Å². The van der Waals surface area contributed by atoms with Crippen LogP contribution in [0.4, 0.5) is 10.5 Å². The van der Waals surface area contributed by atoms with Gasteiger partial charge in [0.1, 0.15) is 12.4 Å². The monoisotopic (exact) mass is 484 g/mol. The zero-order chi connectivity index (χ0) is 24.8. The van der Waals surface area contributed by atoms with Gasteiger partial charge in [0.05, 0.1) is 24.0 Å². The number of nitrogens with one attached hydrogen (secondary N) is 2. The van der Waals surface area contributed by atoms with E-state index in [1.807, 2.05) is 20.8 Å². The van der Waals surface area contributed by atoms with Crippen molar-refractivity contribution in [1.82, 2.24) is 15.1 Å². The first-order valence-electron chi connectivity index (χ1n) is 11.0. The fraction of sp³-hybridized carbons (Fsp3) is 0.636. The highest BCUT2D eigenvalue weighted by Gasteiger charge is 2.30. The number of carbonyl (C=O) groups is 2. The minimum Gasteiger partial charge on any atom is -0.491 e. The maximum Gasteiger partial charge on any atom is 0.317 e. The molecule has 186 valence electrons. The molecule has 1 aliphatic rings. The van der Waals surface area contributed by atoms with Crippen LogP contribution >= 0.6 is 0 Å². The maximum absolute atomic E-state index is 13.2. The average Bonchev–Trinajstić information content (AvgIpc) is 2.75. The SMILES string of the molecule is CCCNC(=O)N1C[C@@H](C)[C@H](OC)CN(C)C(=O)c2cc(NS(C)(=O)=O)ccc2OC[C@@H]1C. The number of amides is 3. The van der Waals surface area contributed by atoms with Gasteiger partial charge in [-0.2, -0.15) is 0 Å². The van der Waals surface area contributed by atoms with Gasteiger partial charge in [-0.3, -0.25) is 9.52 Å². The quantitative estimate of drug-likeness (QED) is 0.660. The number of sulfonamides is 1. The van der Waals surface area contributed by atoms with Gasteiger partial charge in [-0.25, -0.2) is 13.2 Å². The van der Waals surface area contributed by atoms with Crippen LogP contribution in [0.25, 0.3) is 0 Å². The summed E-state index contributed by atoms with van der Waals surface area (Å²) in [5.74, 6) is -0.0614. The molecule has 1 aromatic rings. The molecular formula is C22H36N4O6S. The van der Waals surface area contributed by atoms with Gasteiger partial charge in [-0.15, -0.1) is 0 Å². The summed E-state index contributed by atoms with van der Waals surface area (Å²) in [6.07, 6.45) is 1.56. The Hall–Kier alpha value is -2.53. The van der Waals surface area contributed by atoms with Gasteiger partial charge >= 0.3 is 6.03 Å². The number of nitrogens with zero attached hydrogens (tertiary/aromatic N) is 2. The summed E-state index contributed by atoms with van der Waals surface area (Å²) in [7, 11) is -0.276. The Morgan fingerprint density at radius 3 is 2.58 bits per heavy atom. The number of ether oxygens (including phenoxy) is 2. The third kappa shape index (κ3) is 7.50. The number of benzene rings is 1. The minimum absolute atomic E-state index is 0.0581. The van der Waals surface area contributed by atoms with Crippen LogP contribution in [0, 0.1) is 5.92 Å². The predicted octanol–water partition coefficient (Wildman–Crippen LogP) is 1.98. The van der Waals surface area contributed by atoms with Gasteiger partial charge in [0, 0.05) is 45.4 Å². The van der Waals surface area contributed by atoms with Crippen LogP contribution in [0.2, 0.25) is 0 Å². The molecule has 0 saturated carbocycles. The van der Waals surface area contributed by atoms with Crippen molar-refractivity contribution in [3.8, 4) is 5.75 Å². The van der Waals surface area contributed by atoms with Crippen molar-refractivity contribution in [3.63, 3.8) is 0 Å². The standard InChI is InChI=1S/C22H36N4O6S/c1-7-10-23-22(28)26-12-15(2)20(31-5)13-25(4)21(27)18-11-17(24-33(6,29)30)8-9-19(18)32-14-16(26)3/h8-9,11,15-16,20,24H,7,10,12-14H2,1-6H3,(H,23,28)/t15-,16+,20-/m1/s1. The molecule has 11 heteroatoms. The summed E-state index contributed by atoms with van der Waals surface area (Å²) in [6, 6.07) is 4.10. The summed E-state index contributed by atoms with van der Waals surface area (Å²) in [5.41, 5.74) is 0.488.